The van der Waals surface area contributed by atoms with Crippen LogP contribution in [-0.2, 0) is 0 Å². The minimum atomic E-state index is -0.592. The molecule has 0 bridgehead atoms. The van der Waals surface area contributed by atoms with Crippen LogP contribution in [0, 0.1) is 29.6 Å². The molecule has 2 N–H and O–H groups in total. The number of amides is 6. The zero-order valence-corrected chi connectivity index (χ0v) is 36.6. The lowest BCUT2D eigenvalue weighted by atomic mass is 9.88. The molecule has 0 saturated carbocycles. The third kappa shape index (κ3) is 10.4. The zero-order valence-electron chi connectivity index (χ0n) is 35.8. The van der Waals surface area contributed by atoms with E-state index in [0.717, 1.165) is 47.3 Å². The Morgan fingerprint density at radius 2 is 1.20 bits per heavy atom. The van der Waals surface area contributed by atoms with E-state index in [4.69, 9.17) is 0 Å². The molecule has 0 unspecified atom stereocenters. The molecule has 2 heterocycles. The van der Waals surface area contributed by atoms with Crippen LogP contribution in [0.25, 0.3) is 0 Å². The van der Waals surface area contributed by atoms with Gasteiger partial charge in [-0.25, -0.2) is 14.6 Å². The summed E-state index contributed by atoms with van der Waals surface area (Å²) in [5.41, 5.74) is 5.98. The molecular weight excluding hydrogens is 785 g/mol. The van der Waals surface area contributed by atoms with Gasteiger partial charge >= 0.3 is 12.1 Å². The highest BCUT2D eigenvalue weighted by atomic mass is 32.2. The fraction of sp³-hybridized carbons (Fsp3) is 0.375. The van der Waals surface area contributed by atoms with Gasteiger partial charge in [0.1, 0.15) is 0 Å². The quantitative estimate of drug-likeness (QED) is 0.126. The van der Waals surface area contributed by atoms with Crippen LogP contribution in [0.4, 0.5) is 21.0 Å². The van der Waals surface area contributed by atoms with Gasteiger partial charge in [0.25, 0.3) is 11.8 Å². The monoisotopic (exact) mass is 838 g/mol. The predicted molar refractivity (Wildman–Crippen MR) is 240 cm³/mol. The molecule has 0 aromatic heterocycles. The highest BCUT2D eigenvalue weighted by molar-refractivity contribution is 7.98. The zero-order chi connectivity index (χ0) is 43.8. The van der Waals surface area contributed by atoms with Gasteiger partial charge in [-0.3, -0.25) is 9.59 Å². The Balaban J connectivity index is 1.20. The number of hydrogen-bond acceptors (Lipinski definition) is 7. The van der Waals surface area contributed by atoms with E-state index < -0.39 is 18.1 Å². The first-order valence-electron chi connectivity index (χ1n) is 20.9. The van der Waals surface area contributed by atoms with Crippen molar-refractivity contribution in [1.29, 1.82) is 10.5 Å². The smallest absolute Gasteiger partial charge is 0.339 e. The number of benzene rings is 4. The van der Waals surface area contributed by atoms with Gasteiger partial charge in [0.15, 0.2) is 0 Å². The minimum absolute atomic E-state index is 0.118. The SMILES string of the molecule is CSc1ccc(NC(=O)N(C(C)C)N(C(=O)NC(C)C)c2ccc(C)c(C(=O)N3CCC(c4ccc(C#N)cc4)CC3)c2)cc1C(=O)N1CCC(c2ccc(C#N)cc2)CC1. The van der Waals surface area contributed by atoms with Crippen molar-refractivity contribution in [2.75, 3.05) is 42.8 Å². The van der Waals surface area contributed by atoms with E-state index in [1.165, 1.54) is 21.8 Å². The number of hydrazine groups is 1. The molecule has 12 nitrogen and oxygen atoms in total. The molecule has 0 atom stereocenters. The molecule has 2 fully saturated rings. The number of aryl methyl sites for hydroxylation is 1. The molecular formula is C48H54N8O4S. The lowest BCUT2D eigenvalue weighted by Gasteiger charge is -2.38. The largest absolute Gasteiger partial charge is 0.341 e. The summed E-state index contributed by atoms with van der Waals surface area (Å²) in [6.07, 6.45) is 5.07. The molecule has 13 heteroatoms. The first kappa shape index (κ1) is 44.2. The average molecular weight is 839 g/mol. The fourth-order valence-corrected chi connectivity index (χ4v) is 8.71. The number of likely N-dealkylation sites (tertiary alicyclic amines) is 2. The van der Waals surface area contributed by atoms with Gasteiger partial charge in [-0.15, -0.1) is 11.8 Å². The number of nitriles is 2. The standard InChI is InChI=1S/C48H54N8O4S/c1-31(2)51-47(59)56(41-17-7-33(5)42(28-41)45(57)53-23-19-38(20-24-53)36-12-8-34(29-49)9-13-36)55(32(3)4)48(60)52-40-16-18-44(61-6)43(27-40)46(58)54-25-21-39(22-26-54)37-14-10-35(30-50)11-15-37/h7-18,27-28,31-32,38-39H,19-26H2,1-6H3,(H,51,59)(H,52,60). The van der Waals surface area contributed by atoms with Crippen molar-refractivity contribution in [2.45, 2.75) is 89.1 Å². The molecule has 316 valence electrons. The average Bonchev–Trinajstić information content (AvgIpc) is 3.27. The van der Waals surface area contributed by atoms with Crippen molar-refractivity contribution >= 4 is 47.0 Å². The van der Waals surface area contributed by atoms with Gasteiger partial charge < -0.3 is 20.4 Å². The molecule has 0 radical (unpaired) electrons. The van der Waals surface area contributed by atoms with Crippen LogP contribution in [0.2, 0.25) is 0 Å². The molecule has 0 spiro atoms. The Kier molecular flexibility index (Phi) is 14.4. The van der Waals surface area contributed by atoms with Crippen molar-refractivity contribution in [1.82, 2.24) is 20.1 Å². The van der Waals surface area contributed by atoms with Crippen molar-refractivity contribution < 1.29 is 19.2 Å². The normalized spacial score (nSPS) is 14.6. The topological polar surface area (TPSA) is 153 Å². The lowest BCUT2D eigenvalue weighted by molar-refractivity contribution is 0.0703. The maximum absolute atomic E-state index is 14.4. The summed E-state index contributed by atoms with van der Waals surface area (Å²) in [4.78, 5) is 61.2. The number of nitrogens with one attached hydrogen (secondary N) is 2. The maximum atomic E-state index is 14.4. The van der Waals surface area contributed by atoms with E-state index in [9.17, 15) is 29.7 Å². The molecule has 2 aliphatic heterocycles. The molecule has 6 amide bonds. The molecule has 4 aromatic rings. The van der Waals surface area contributed by atoms with Crippen molar-refractivity contribution in [3.05, 3.63) is 124 Å². The second-order valence-electron chi connectivity index (χ2n) is 16.3. The Morgan fingerprint density at radius 3 is 1.66 bits per heavy atom. The first-order chi connectivity index (χ1) is 29.3. The third-order valence-corrected chi connectivity index (χ3v) is 12.3. The van der Waals surface area contributed by atoms with E-state index in [2.05, 4.69) is 22.8 Å². The number of rotatable bonds is 9. The summed E-state index contributed by atoms with van der Waals surface area (Å²) in [5.74, 6) is 0.309. The first-order valence-corrected chi connectivity index (χ1v) is 22.1. The van der Waals surface area contributed by atoms with Gasteiger partial charge in [0, 0.05) is 48.4 Å². The Morgan fingerprint density at radius 1 is 0.689 bits per heavy atom. The maximum Gasteiger partial charge on any atom is 0.341 e. The van der Waals surface area contributed by atoms with Crippen molar-refractivity contribution in [2.24, 2.45) is 0 Å². The number of carbonyl (C=O) groups excluding carboxylic acids is 4. The number of piperidine rings is 2. The van der Waals surface area contributed by atoms with Gasteiger partial charge in [-0.1, -0.05) is 30.3 Å². The lowest BCUT2D eigenvalue weighted by Crippen LogP contribution is -2.58. The van der Waals surface area contributed by atoms with Crippen molar-refractivity contribution in [3.63, 3.8) is 0 Å². The minimum Gasteiger partial charge on any atom is -0.339 e. The number of hydrogen-bond donors (Lipinski definition) is 2. The Labute approximate surface area is 363 Å². The summed E-state index contributed by atoms with van der Waals surface area (Å²) >= 11 is 1.46. The number of urea groups is 2. The Hall–Kier alpha value is -6.31. The predicted octanol–water partition coefficient (Wildman–Crippen LogP) is 9.28. The van der Waals surface area contributed by atoms with E-state index in [-0.39, 0.29) is 23.8 Å². The molecule has 61 heavy (non-hydrogen) atoms. The van der Waals surface area contributed by atoms with Gasteiger partial charge in [0.05, 0.1) is 40.6 Å². The van der Waals surface area contributed by atoms with Gasteiger partial charge in [-0.05, 0) is 150 Å². The van der Waals surface area contributed by atoms with Crippen LogP contribution in [0.15, 0.2) is 89.8 Å². The van der Waals surface area contributed by atoms with Gasteiger partial charge in [-0.2, -0.15) is 15.5 Å². The van der Waals surface area contributed by atoms with E-state index in [0.29, 0.717) is 65.7 Å². The van der Waals surface area contributed by atoms with E-state index >= 15 is 0 Å². The molecule has 2 saturated heterocycles. The number of anilines is 2. The van der Waals surface area contributed by atoms with Crippen LogP contribution in [0.3, 0.4) is 0 Å². The molecule has 2 aliphatic rings. The van der Waals surface area contributed by atoms with Crippen LogP contribution in [-0.4, -0.2) is 83.2 Å². The summed E-state index contributed by atoms with van der Waals surface area (Å²) in [6.45, 7) is 11.4. The van der Waals surface area contributed by atoms with Crippen LogP contribution in [0.1, 0.15) is 114 Å². The highest BCUT2D eigenvalue weighted by Gasteiger charge is 2.33. The summed E-state index contributed by atoms with van der Waals surface area (Å²) < 4.78 is 0. The molecule has 0 aliphatic carbocycles. The summed E-state index contributed by atoms with van der Waals surface area (Å²) in [7, 11) is 0. The molecule has 6 rings (SSSR count). The third-order valence-electron chi connectivity index (χ3n) is 11.5. The fourth-order valence-electron chi connectivity index (χ4n) is 8.14. The van der Waals surface area contributed by atoms with E-state index in [1.807, 2.05) is 91.4 Å². The van der Waals surface area contributed by atoms with Crippen LogP contribution < -0.4 is 15.6 Å². The van der Waals surface area contributed by atoms with Crippen molar-refractivity contribution in [3.8, 4) is 12.1 Å². The summed E-state index contributed by atoms with van der Waals surface area (Å²) in [6, 6.07) is 28.2. The second-order valence-corrected chi connectivity index (χ2v) is 17.1. The van der Waals surface area contributed by atoms with Gasteiger partial charge in [0.2, 0.25) is 0 Å². The highest BCUT2D eigenvalue weighted by Crippen LogP contribution is 2.33. The van der Waals surface area contributed by atoms with Crippen LogP contribution in [0.5, 0.6) is 0 Å². The number of carbonyl (C=O) groups is 4. The number of nitrogens with zero attached hydrogens (tertiary/aromatic N) is 6. The Bertz CT molecular complexity index is 2320. The summed E-state index contributed by atoms with van der Waals surface area (Å²) in [5, 5.41) is 26.9. The number of thioether (sulfide) groups is 1. The van der Waals surface area contributed by atoms with E-state index in [1.54, 1.807) is 44.2 Å². The second kappa shape index (κ2) is 19.8. The van der Waals surface area contributed by atoms with Crippen LogP contribution >= 0.6 is 11.8 Å². The molecule has 4 aromatic carbocycles.